The molecule has 1 aromatic heterocycles. The molecule has 100 valence electrons. The fraction of sp³-hybridized carbons (Fsp3) is 0.467. The Morgan fingerprint density at radius 3 is 2.53 bits per heavy atom. The van der Waals surface area contributed by atoms with Crippen molar-refractivity contribution in [3.05, 3.63) is 30.1 Å². The van der Waals surface area contributed by atoms with Crippen molar-refractivity contribution in [1.82, 2.24) is 10.1 Å². The van der Waals surface area contributed by atoms with Gasteiger partial charge in [0, 0.05) is 24.2 Å². The third-order valence-electron chi connectivity index (χ3n) is 3.83. The summed E-state index contributed by atoms with van der Waals surface area (Å²) in [6, 6.07) is 8.04. The molecule has 1 heterocycles. The van der Waals surface area contributed by atoms with E-state index in [0.29, 0.717) is 11.8 Å². The minimum atomic E-state index is 0.489. The Hall–Kier alpha value is -1.84. The second kappa shape index (κ2) is 5.43. The van der Waals surface area contributed by atoms with E-state index in [0.717, 1.165) is 17.1 Å². The molecule has 1 N–H and O–H groups in total. The van der Waals surface area contributed by atoms with Crippen molar-refractivity contribution in [3.63, 3.8) is 0 Å². The van der Waals surface area contributed by atoms with E-state index < -0.39 is 0 Å². The molecular weight excluding hydrogens is 238 g/mol. The minimum absolute atomic E-state index is 0.489. The van der Waals surface area contributed by atoms with E-state index in [4.69, 9.17) is 4.52 Å². The van der Waals surface area contributed by atoms with Crippen molar-refractivity contribution in [1.29, 1.82) is 0 Å². The first kappa shape index (κ1) is 12.2. The molecule has 3 rings (SSSR count). The summed E-state index contributed by atoms with van der Waals surface area (Å²) in [5.41, 5.74) is 2.06. The van der Waals surface area contributed by atoms with Crippen LogP contribution in [0.25, 0.3) is 11.5 Å². The topological polar surface area (TPSA) is 51.0 Å². The summed E-state index contributed by atoms with van der Waals surface area (Å²) in [4.78, 5) is 4.56. The molecule has 1 aromatic carbocycles. The van der Waals surface area contributed by atoms with Crippen LogP contribution in [0.4, 0.5) is 5.69 Å². The summed E-state index contributed by atoms with van der Waals surface area (Å²) in [6.07, 6.45) is 6.29. The van der Waals surface area contributed by atoms with Gasteiger partial charge in [-0.25, -0.2) is 0 Å². The third kappa shape index (κ3) is 2.62. The van der Waals surface area contributed by atoms with E-state index in [1.807, 2.05) is 31.3 Å². The Labute approximate surface area is 113 Å². The van der Waals surface area contributed by atoms with Crippen molar-refractivity contribution in [2.24, 2.45) is 0 Å². The molecule has 0 saturated heterocycles. The summed E-state index contributed by atoms with van der Waals surface area (Å²) in [5.74, 6) is 2.00. The minimum Gasteiger partial charge on any atom is -0.388 e. The van der Waals surface area contributed by atoms with Gasteiger partial charge in [0.15, 0.2) is 5.82 Å². The molecule has 4 heteroatoms. The van der Waals surface area contributed by atoms with Gasteiger partial charge in [-0.2, -0.15) is 4.98 Å². The molecular formula is C15H19N3O. The predicted octanol–water partition coefficient (Wildman–Crippen LogP) is 3.83. The Balaban J connectivity index is 1.79. The Morgan fingerprint density at radius 1 is 1.11 bits per heavy atom. The van der Waals surface area contributed by atoms with Gasteiger partial charge >= 0.3 is 0 Å². The first-order chi connectivity index (χ1) is 9.36. The molecule has 0 aliphatic heterocycles. The van der Waals surface area contributed by atoms with Gasteiger partial charge in [0.05, 0.1) is 0 Å². The summed E-state index contributed by atoms with van der Waals surface area (Å²) in [7, 11) is 1.91. The lowest BCUT2D eigenvalue weighted by atomic mass is 9.89. The molecule has 0 spiro atoms. The van der Waals surface area contributed by atoms with Crippen molar-refractivity contribution < 1.29 is 4.52 Å². The zero-order valence-corrected chi connectivity index (χ0v) is 11.2. The lowest BCUT2D eigenvalue weighted by molar-refractivity contribution is 0.385. The Bertz CT molecular complexity index is 527. The highest BCUT2D eigenvalue weighted by atomic mass is 16.5. The number of nitrogens with zero attached hydrogens (tertiary/aromatic N) is 2. The van der Waals surface area contributed by atoms with Gasteiger partial charge in [-0.05, 0) is 37.1 Å². The lowest BCUT2D eigenvalue weighted by Crippen LogP contribution is -2.06. The van der Waals surface area contributed by atoms with Crippen molar-refractivity contribution >= 4 is 5.69 Å². The lowest BCUT2D eigenvalue weighted by Gasteiger charge is -2.17. The van der Waals surface area contributed by atoms with Crippen LogP contribution in [-0.2, 0) is 0 Å². The van der Waals surface area contributed by atoms with Crippen LogP contribution in [0.15, 0.2) is 28.8 Å². The van der Waals surface area contributed by atoms with Crippen molar-refractivity contribution in [2.45, 2.75) is 38.0 Å². The number of hydrogen-bond acceptors (Lipinski definition) is 4. The maximum atomic E-state index is 5.40. The number of rotatable bonds is 3. The smallest absolute Gasteiger partial charge is 0.257 e. The average molecular weight is 257 g/mol. The molecule has 1 saturated carbocycles. The van der Waals surface area contributed by atoms with Crippen molar-refractivity contribution in [2.75, 3.05) is 12.4 Å². The normalized spacial score (nSPS) is 16.5. The van der Waals surface area contributed by atoms with Crippen LogP contribution in [-0.4, -0.2) is 17.2 Å². The number of anilines is 1. The van der Waals surface area contributed by atoms with Crippen LogP contribution < -0.4 is 5.32 Å². The second-order valence-electron chi connectivity index (χ2n) is 5.12. The molecule has 2 aromatic rings. The maximum Gasteiger partial charge on any atom is 0.257 e. The van der Waals surface area contributed by atoms with Gasteiger partial charge in [-0.3, -0.25) is 0 Å². The monoisotopic (exact) mass is 257 g/mol. The van der Waals surface area contributed by atoms with E-state index in [1.165, 1.54) is 32.1 Å². The molecule has 0 amide bonds. The summed E-state index contributed by atoms with van der Waals surface area (Å²) in [5, 5.41) is 7.25. The number of nitrogens with one attached hydrogen (secondary N) is 1. The molecule has 1 fully saturated rings. The third-order valence-corrected chi connectivity index (χ3v) is 3.83. The first-order valence-corrected chi connectivity index (χ1v) is 6.98. The number of hydrogen-bond donors (Lipinski definition) is 1. The highest BCUT2D eigenvalue weighted by Gasteiger charge is 2.21. The maximum absolute atomic E-state index is 5.40. The first-order valence-electron chi connectivity index (χ1n) is 6.98. The molecule has 0 unspecified atom stereocenters. The van der Waals surface area contributed by atoms with E-state index in [9.17, 15) is 0 Å². The fourth-order valence-corrected chi connectivity index (χ4v) is 2.66. The largest absolute Gasteiger partial charge is 0.388 e. The Morgan fingerprint density at radius 2 is 1.84 bits per heavy atom. The zero-order chi connectivity index (χ0) is 13.1. The summed E-state index contributed by atoms with van der Waals surface area (Å²) in [6.45, 7) is 0. The molecule has 0 bridgehead atoms. The van der Waals surface area contributed by atoms with Crippen LogP contribution in [0.3, 0.4) is 0 Å². The summed E-state index contributed by atoms with van der Waals surface area (Å²) < 4.78 is 5.40. The highest BCUT2D eigenvalue weighted by Crippen LogP contribution is 2.32. The molecule has 0 radical (unpaired) electrons. The zero-order valence-electron chi connectivity index (χ0n) is 11.2. The van der Waals surface area contributed by atoms with Gasteiger partial charge in [-0.15, -0.1) is 0 Å². The highest BCUT2D eigenvalue weighted by molar-refractivity contribution is 5.58. The van der Waals surface area contributed by atoms with Gasteiger partial charge < -0.3 is 9.84 Å². The standard InChI is InChI=1S/C15H19N3O/c1-16-13-9-7-12(8-10-13)15-17-14(18-19-15)11-5-3-2-4-6-11/h7-11,16H,2-6H2,1H3. The van der Waals surface area contributed by atoms with Gasteiger partial charge in [-0.1, -0.05) is 24.4 Å². The molecule has 19 heavy (non-hydrogen) atoms. The summed E-state index contributed by atoms with van der Waals surface area (Å²) >= 11 is 0. The molecule has 1 aliphatic rings. The van der Waals surface area contributed by atoms with Crippen LogP contribution in [0.2, 0.25) is 0 Å². The second-order valence-corrected chi connectivity index (χ2v) is 5.12. The SMILES string of the molecule is CNc1ccc(-c2nc(C3CCCCC3)no2)cc1. The van der Waals surface area contributed by atoms with E-state index in [-0.39, 0.29) is 0 Å². The van der Waals surface area contributed by atoms with Gasteiger partial charge in [0.25, 0.3) is 5.89 Å². The van der Waals surface area contributed by atoms with Gasteiger partial charge in [0.1, 0.15) is 0 Å². The fourth-order valence-electron chi connectivity index (χ4n) is 2.66. The average Bonchev–Trinajstić information content (AvgIpc) is 2.98. The van der Waals surface area contributed by atoms with Gasteiger partial charge in [0.2, 0.25) is 0 Å². The number of benzene rings is 1. The molecule has 0 atom stereocenters. The molecule has 4 nitrogen and oxygen atoms in total. The van der Waals surface area contributed by atoms with E-state index in [2.05, 4.69) is 15.5 Å². The van der Waals surface area contributed by atoms with Crippen LogP contribution >= 0.6 is 0 Å². The van der Waals surface area contributed by atoms with Crippen LogP contribution in [0.5, 0.6) is 0 Å². The van der Waals surface area contributed by atoms with E-state index >= 15 is 0 Å². The molecule has 1 aliphatic carbocycles. The quantitative estimate of drug-likeness (QED) is 0.908. The van der Waals surface area contributed by atoms with E-state index in [1.54, 1.807) is 0 Å². The number of aromatic nitrogens is 2. The van der Waals surface area contributed by atoms with Crippen molar-refractivity contribution in [3.8, 4) is 11.5 Å². The van der Waals surface area contributed by atoms with Crippen LogP contribution in [0.1, 0.15) is 43.8 Å². The Kier molecular flexibility index (Phi) is 3.49. The van der Waals surface area contributed by atoms with Crippen LogP contribution in [0, 0.1) is 0 Å². The predicted molar refractivity (Wildman–Crippen MR) is 75.1 cm³/mol.